The Morgan fingerprint density at radius 2 is 1.84 bits per heavy atom. The van der Waals surface area contributed by atoms with Crippen LogP contribution in [-0.2, 0) is 4.79 Å². The van der Waals surface area contributed by atoms with Gasteiger partial charge in [0.2, 0.25) is 5.91 Å². The molecule has 1 unspecified atom stereocenters. The number of carbonyl (C=O) groups excluding carboxylic acids is 1. The van der Waals surface area contributed by atoms with Gasteiger partial charge in [-0.15, -0.1) is 0 Å². The Morgan fingerprint density at radius 1 is 1.26 bits per heavy atom. The summed E-state index contributed by atoms with van der Waals surface area (Å²) in [5.74, 6) is 0.247. The van der Waals surface area contributed by atoms with Crippen molar-refractivity contribution in [1.82, 2.24) is 5.32 Å². The Bertz CT molecular complexity index is 448. The minimum absolute atomic E-state index is 0.0343. The lowest BCUT2D eigenvalue weighted by Crippen LogP contribution is -2.30. The van der Waals surface area contributed by atoms with E-state index in [2.05, 4.69) is 26.1 Å². The van der Waals surface area contributed by atoms with Crippen molar-refractivity contribution in [3.8, 4) is 0 Å². The summed E-state index contributed by atoms with van der Waals surface area (Å²) in [6, 6.07) is 7.79. The van der Waals surface area contributed by atoms with Crippen molar-refractivity contribution >= 4 is 23.1 Å². The third kappa shape index (κ3) is 5.07. The van der Waals surface area contributed by atoms with Gasteiger partial charge in [0.1, 0.15) is 0 Å². The van der Waals surface area contributed by atoms with Gasteiger partial charge in [0.15, 0.2) is 0 Å². The van der Waals surface area contributed by atoms with Crippen molar-refractivity contribution in [3.05, 3.63) is 40.9 Å². The van der Waals surface area contributed by atoms with Crippen LogP contribution in [-0.4, -0.2) is 11.9 Å². The van der Waals surface area contributed by atoms with Gasteiger partial charge in [-0.2, -0.15) is 0 Å². The van der Waals surface area contributed by atoms with Crippen LogP contribution in [0.4, 0.5) is 0 Å². The summed E-state index contributed by atoms with van der Waals surface area (Å²) in [6.45, 7) is 8.22. The molecule has 0 heterocycles. The normalized spacial score (nSPS) is 13.5. The van der Waals surface area contributed by atoms with Crippen LogP contribution in [0.5, 0.6) is 0 Å². The molecule has 1 rings (SSSR count). The molecule has 0 aromatic heterocycles. The molecule has 0 spiro atoms. The molecule has 104 valence electrons. The summed E-state index contributed by atoms with van der Waals surface area (Å²) >= 11 is 5.89. The average molecular weight is 280 g/mol. The number of benzene rings is 1. The van der Waals surface area contributed by atoms with Gasteiger partial charge < -0.3 is 5.32 Å². The minimum atomic E-state index is -0.0343. The molecule has 19 heavy (non-hydrogen) atoms. The van der Waals surface area contributed by atoms with E-state index < -0.39 is 0 Å². The molecular weight excluding hydrogens is 258 g/mol. The molecule has 1 amide bonds. The Morgan fingerprint density at radius 3 is 2.32 bits per heavy atom. The van der Waals surface area contributed by atoms with Crippen LogP contribution < -0.4 is 5.32 Å². The Labute approximate surface area is 120 Å². The van der Waals surface area contributed by atoms with E-state index in [0.29, 0.717) is 5.02 Å². The van der Waals surface area contributed by atoms with Gasteiger partial charge in [0.05, 0.1) is 0 Å². The van der Waals surface area contributed by atoms with Crippen LogP contribution in [0.15, 0.2) is 30.3 Å². The monoisotopic (exact) mass is 279 g/mol. The fraction of sp³-hybridized carbons (Fsp3) is 0.438. The summed E-state index contributed by atoms with van der Waals surface area (Å²) in [5, 5.41) is 3.66. The topological polar surface area (TPSA) is 29.1 Å². The van der Waals surface area contributed by atoms with E-state index in [0.717, 1.165) is 17.6 Å². The van der Waals surface area contributed by atoms with Crippen molar-refractivity contribution in [2.75, 3.05) is 0 Å². The van der Waals surface area contributed by atoms with Gasteiger partial charge in [-0.05, 0) is 42.5 Å². The first-order chi connectivity index (χ1) is 8.93. The van der Waals surface area contributed by atoms with E-state index in [-0.39, 0.29) is 17.9 Å². The van der Waals surface area contributed by atoms with Crippen LogP contribution in [0.1, 0.15) is 39.7 Å². The molecule has 1 aromatic rings. The molecule has 0 radical (unpaired) electrons. The molecule has 3 heteroatoms. The zero-order chi connectivity index (χ0) is 14.4. The second-order valence-corrected chi connectivity index (χ2v) is 5.52. The van der Waals surface area contributed by atoms with E-state index in [1.54, 1.807) is 6.08 Å². The summed E-state index contributed by atoms with van der Waals surface area (Å²) < 4.78 is 0. The maximum Gasteiger partial charge on any atom is 0.244 e. The fourth-order valence-corrected chi connectivity index (χ4v) is 1.88. The largest absolute Gasteiger partial charge is 0.350 e. The zero-order valence-corrected chi connectivity index (χ0v) is 12.8. The Kier molecular flexibility index (Phi) is 6.10. The van der Waals surface area contributed by atoms with Gasteiger partial charge in [-0.25, -0.2) is 0 Å². The highest BCUT2D eigenvalue weighted by Crippen LogP contribution is 2.24. The molecule has 1 atom stereocenters. The highest BCUT2D eigenvalue weighted by molar-refractivity contribution is 6.30. The Hall–Kier alpha value is -1.28. The molecule has 0 bridgehead atoms. The number of amides is 1. The van der Waals surface area contributed by atoms with Crippen LogP contribution >= 0.6 is 11.6 Å². The van der Waals surface area contributed by atoms with Crippen molar-refractivity contribution < 1.29 is 4.79 Å². The number of carbonyl (C=O) groups is 1. The van der Waals surface area contributed by atoms with E-state index >= 15 is 0 Å². The standard InChI is InChI=1S/C16H22ClNO/c1-5-12(4)18-16(19)10-15(11(2)3)13-6-8-14(17)9-7-13/h6-12H,5H2,1-4H3,(H,18,19)/b15-10+. The highest BCUT2D eigenvalue weighted by atomic mass is 35.5. The van der Waals surface area contributed by atoms with Crippen molar-refractivity contribution in [2.45, 2.75) is 40.2 Å². The first kappa shape index (κ1) is 15.8. The summed E-state index contributed by atoms with van der Waals surface area (Å²) in [4.78, 5) is 12.0. The predicted octanol–water partition coefficient (Wildman–Crippen LogP) is 4.29. The summed E-state index contributed by atoms with van der Waals surface area (Å²) in [7, 11) is 0. The van der Waals surface area contributed by atoms with Crippen LogP contribution in [0.25, 0.3) is 5.57 Å². The molecule has 0 fully saturated rings. The lowest BCUT2D eigenvalue weighted by Gasteiger charge is -2.14. The molecule has 2 nitrogen and oxygen atoms in total. The third-order valence-electron chi connectivity index (χ3n) is 3.09. The number of halogens is 1. The van der Waals surface area contributed by atoms with E-state index in [4.69, 9.17) is 11.6 Å². The first-order valence-electron chi connectivity index (χ1n) is 6.72. The fourth-order valence-electron chi connectivity index (χ4n) is 1.75. The second kappa shape index (κ2) is 7.34. The Balaban J connectivity index is 2.94. The maximum absolute atomic E-state index is 12.0. The van der Waals surface area contributed by atoms with Crippen molar-refractivity contribution in [2.24, 2.45) is 5.92 Å². The van der Waals surface area contributed by atoms with Gasteiger partial charge in [0.25, 0.3) is 0 Å². The molecule has 1 N–H and O–H groups in total. The average Bonchev–Trinajstić information content (AvgIpc) is 2.36. The number of rotatable bonds is 5. The molecule has 0 aliphatic heterocycles. The first-order valence-corrected chi connectivity index (χ1v) is 7.09. The van der Waals surface area contributed by atoms with Crippen LogP contribution in [0, 0.1) is 5.92 Å². The smallest absolute Gasteiger partial charge is 0.244 e. The highest BCUT2D eigenvalue weighted by Gasteiger charge is 2.10. The number of hydrogen-bond donors (Lipinski definition) is 1. The maximum atomic E-state index is 12.0. The predicted molar refractivity (Wildman–Crippen MR) is 82.2 cm³/mol. The number of allylic oxidation sites excluding steroid dienone is 1. The molecule has 0 saturated carbocycles. The lowest BCUT2D eigenvalue weighted by atomic mass is 9.95. The van der Waals surface area contributed by atoms with Gasteiger partial charge in [0, 0.05) is 17.1 Å². The second-order valence-electron chi connectivity index (χ2n) is 5.08. The van der Waals surface area contributed by atoms with Crippen LogP contribution in [0.2, 0.25) is 5.02 Å². The summed E-state index contributed by atoms with van der Waals surface area (Å²) in [6.07, 6.45) is 2.62. The SMILES string of the molecule is CCC(C)NC(=O)/C=C(/c1ccc(Cl)cc1)C(C)C. The van der Waals surface area contributed by atoms with Gasteiger partial charge >= 0.3 is 0 Å². The van der Waals surface area contributed by atoms with E-state index in [1.807, 2.05) is 31.2 Å². The summed E-state index contributed by atoms with van der Waals surface area (Å²) in [5.41, 5.74) is 2.07. The molecule has 0 aliphatic rings. The molecule has 0 aliphatic carbocycles. The zero-order valence-electron chi connectivity index (χ0n) is 12.0. The lowest BCUT2D eigenvalue weighted by molar-refractivity contribution is -0.117. The van der Waals surface area contributed by atoms with Gasteiger partial charge in [-0.3, -0.25) is 4.79 Å². The molecule has 0 saturated heterocycles. The van der Waals surface area contributed by atoms with Crippen molar-refractivity contribution in [3.63, 3.8) is 0 Å². The molecular formula is C16H22ClNO. The third-order valence-corrected chi connectivity index (χ3v) is 3.34. The van der Waals surface area contributed by atoms with Crippen LogP contribution in [0.3, 0.4) is 0 Å². The van der Waals surface area contributed by atoms with Crippen molar-refractivity contribution in [1.29, 1.82) is 0 Å². The van der Waals surface area contributed by atoms with E-state index in [1.165, 1.54) is 0 Å². The van der Waals surface area contributed by atoms with E-state index in [9.17, 15) is 4.79 Å². The minimum Gasteiger partial charge on any atom is -0.350 e. The number of hydrogen-bond acceptors (Lipinski definition) is 1. The molecule has 1 aromatic carbocycles. The number of nitrogens with one attached hydrogen (secondary N) is 1. The van der Waals surface area contributed by atoms with Gasteiger partial charge in [-0.1, -0.05) is 44.5 Å². The quantitative estimate of drug-likeness (QED) is 0.800.